The van der Waals surface area contributed by atoms with E-state index < -0.39 is 5.92 Å². The fraction of sp³-hybridized carbons (Fsp3) is 0.0750. The fourth-order valence-electron chi connectivity index (χ4n) is 5.58. The largest absolute Gasteiger partial charge is 0.456 e. The van der Waals surface area contributed by atoms with Gasteiger partial charge in [0.05, 0.1) is 0 Å². The molecular formula is C40H30O4. The standard InChI is InChI=1S/C40H30O4/c1-27(41)34-25-33(26-36(42)29-14-6-2-7-15-29)39(40(43)32-20-12-5-13-21-32)35(34)22-28-23-37(30-16-8-3-9-17-30)44-38(24-28)31-18-10-4-11-19-31/h2-25,33H,26H2,1H3. The van der Waals surface area contributed by atoms with Crippen LogP contribution < -0.4 is 0 Å². The quantitative estimate of drug-likeness (QED) is 0.188. The molecule has 0 spiro atoms. The highest BCUT2D eigenvalue weighted by atomic mass is 16.5. The molecule has 1 unspecified atom stereocenters. The van der Waals surface area contributed by atoms with Crippen LogP contribution in [0.3, 0.4) is 0 Å². The van der Waals surface area contributed by atoms with Crippen molar-refractivity contribution < 1.29 is 19.1 Å². The van der Waals surface area contributed by atoms with E-state index in [9.17, 15) is 14.4 Å². The smallest absolute Gasteiger partial charge is 0.190 e. The molecule has 0 bridgehead atoms. The van der Waals surface area contributed by atoms with Crippen LogP contribution in [0.15, 0.2) is 168 Å². The van der Waals surface area contributed by atoms with Crippen molar-refractivity contribution in [2.24, 2.45) is 5.92 Å². The van der Waals surface area contributed by atoms with Crippen molar-refractivity contribution in [3.8, 4) is 0 Å². The molecule has 2 aliphatic rings. The molecule has 0 N–H and O–H groups in total. The Kier molecular flexibility index (Phi) is 8.24. The molecule has 6 rings (SSSR count). The second kappa shape index (κ2) is 12.7. The molecule has 0 radical (unpaired) electrons. The summed E-state index contributed by atoms with van der Waals surface area (Å²) in [6.45, 7) is 1.50. The van der Waals surface area contributed by atoms with Crippen molar-refractivity contribution in [2.45, 2.75) is 13.3 Å². The van der Waals surface area contributed by atoms with Gasteiger partial charge in [0.2, 0.25) is 0 Å². The molecule has 0 saturated carbocycles. The summed E-state index contributed by atoms with van der Waals surface area (Å²) in [5.41, 5.74) is 5.03. The van der Waals surface area contributed by atoms with Crippen molar-refractivity contribution >= 4 is 28.9 Å². The first kappa shape index (κ1) is 28.5. The highest BCUT2D eigenvalue weighted by Gasteiger charge is 2.34. The van der Waals surface area contributed by atoms with Gasteiger partial charge in [-0.15, -0.1) is 0 Å². The van der Waals surface area contributed by atoms with Gasteiger partial charge < -0.3 is 4.74 Å². The van der Waals surface area contributed by atoms with Crippen molar-refractivity contribution in [2.75, 3.05) is 0 Å². The number of allylic oxidation sites excluding steroid dienone is 8. The third kappa shape index (κ3) is 6.11. The number of hydrogen-bond donors (Lipinski definition) is 0. The molecule has 1 heterocycles. The molecule has 1 atom stereocenters. The Labute approximate surface area is 257 Å². The van der Waals surface area contributed by atoms with Gasteiger partial charge in [-0.05, 0) is 36.3 Å². The molecule has 214 valence electrons. The van der Waals surface area contributed by atoms with Gasteiger partial charge in [0.1, 0.15) is 11.5 Å². The maximum atomic E-state index is 14.2. The molecule has 0 fully saturated rings. The first-order valence-corrected chi connectivity index (χ1v) is 14.6. The third-order valence-corrected chi connectivity index (χ3v) is 7.72. The van der Waals surface area contributed by atoms with Crippen molar-refractivity contribution in [1.29, 1.82) is 0 Å². The van der Waals surface area contributed by atoms with E-state index in [2.05, 4.69) is 0 Å². The lowest BCUT2D eigenvalue weighted by Gasteiger charge is -2.20. The number of rotatable bonds is 9. The Balaban J connectivity index is 1.52. The zero-order valence-electron chi connectivity index (χ0n) is 24.3. The van der Waals surface area contributed by atoms with Crippen LogP contribution in [0.25, 0.3) is 11.5 Å². The normalized spacial score (nSPS) is 16.0. The van der Waals surface area contributed by atoms with Gasteiger partial charge in [0.15, 0.2) is 17.3 Å². The summed E-state index contributed by atoms with van der Waals surface area (Å²) in [7, 11) is 0. The van der Waals surface area contributed by atoms with Gasteiger partial charge in [-0.3, -0.25) is 14.4 Å². The van der Waals surface area contributed by atoms with Crippen molar-refractivity contribution in [3.63, 3.8) is 0 Å². The number of Topliss-reactive ketones (excluding diaryl/α,β-unsaturated/α-hetero) is 3. The molecule has 0 aromatic heterocycles. The zero-order valence-corrected chi connectivity index (χ0v) is 24.3. The SMILES string of the molecule is CC(=O)C1=CC(CC(=O)c2ccccc2)C(C(=O)c2ccccc2)=C1C=C1C=C(c2ccccc2)OC(c2ccccc2)=C1. The predicted molar refractivity (Wildman–Crippen MR) is 173 cm³/mol. The second-order valence-electron chi connectivity index (χ2n) is 10.8. The van der Waals surface area contributed by atoms with E-state index in [-0.39, 0.29) is 23.8 Å². The van der Waals surface area contributed by atoms with Crippen LogP contribution >= 0.6 is 0 Å². The second-order valence-corrected chi connectivity index (χ2v) is 10.8. The molecular weight excluding hydrogens is 544 g/mol. The number of carbonyl (C=O) groups is 3. The molecule has 4 aromatic rings. The summed E-state index contributed by atoms with van der Waals surface area (Å²) in [5.74, 6) is 0.273. The minimum Gasteiger partial charge on any atom is -0.456 e. The third-order valence-electron chi connectivity index (χ3n) is 7.72. The van der Waals surface area contributed by atoms with Crippen LogP contribution in [-0.4, -0.2) is 17.3 Å². The minimum absolute atomic E-state index is 0.0701. The number of benzene rings is 4. The molecule has 1 aliphatic heterocycles. The molecule has 1 aliphatic carbocycles. The zero-order chi connectivity index (χ0) is 30.5. The van der Waals surface area contributed by atoms with E-state index in [4.69, 9.17) is 4.74 Å². The summed E-state index contributed by atoms with van der Waals surface area (Å²) in [5, 5.41) is 0. The molecule has 44 heavy (non-hydrogen) atoms. The van der Waals surface area contributed by atoms with E-state index in [1.165, 1.54) is 6.92 Å². The summed E-state index contributed by atoms with van der Waals surface area (Å²) < 4.78 is 6.37. The van der Waals surface area contributed by atoms with Crippen LogP contribution in [-0.2, 0) is 9.53 Å². The van der Waals surface area contributed by atoms with E-state index in [0.29, 0.717) is 39.4 Å². The van der Waals surface area contributed by atoms with Crippen LogP contribution in [0.1, 0.15) is 45.2 Å². The molecule has 4 aromatic carbocycles. The lowest BCUT2D eigenvalue weighted by Crippen LogP contribution is -2.15. The fourth-order valence-corrected chi connectivity index (χ4v) is 5.58. The van der Waals surface area contributed by atoms with Crippen LogP contribution in [0.5, 0.6) is 0 Å². The van der Waals surface area contributed by atoms with Gasteiger partial charge in [-0.25, -0.2) is 0 Å². The van der Waals surface area contributed by atoms with Gasteiger partial charge in [-0.2, -0.15) is 0 Å². The molecule has 0 amide bonds. The minimum atomic E-state index is -0.559. The molecule has 4 nitrogen and oxygen atoms in total. The van der Waals surface area contributed by atoms with Crippen LogP contribution in [0, 0.1) is 5.92 Å². The van der Waals surface area contributed by atoms with Crippen LogP contribution in [0.4, 0.5) is 0 Å². The monoisotopic (exact) mass is 574 g/mol. The average Bonchev–Trinajstić information content (AvgIpc) is 3.43. The lowest BCUT2D eigenvalue weighted by molar-refractivity contribution is -0.113. The highest BCUT2D eigenvalue weighted by Crippen LogP contribution is 2.40. The summed E-state index contributed by atoms with van der Waals surface area (Å²) in [6, 6.07) is 37.6. The number of ether oxygens (including phenoxy) is 1. The van der Waals surface area contributed by atoms with E-state index in [0.717, 1.165) is 16.7 Å². The van der Waals surface area contributed by atoms with E-state index >= 15 is 0 Å². The first-order chi connectivity index (χ1) is 21.5. The Morgan fingerprint density at radius 1 is 0.659 bits per heavy atom. The maximum absolute atomic E-state index is 14.2. The highest BCUT2D eigenvalue weighted by molar-refractivity contribution is 6.15. The lowest BCUT2D eigenvalue weighted by atomic mass is 9.87. The van der Waals surface area contributed by atoms with Gasteiger partial charge in [0.25, 0.3) is 0 Å². The van der Waals surface area contributed by atoms with Crippen LogP contribution in [0.2, 0.25) is 0 Å². The number of ketones is 3. The van der Waals surface area contributed by atoms with Crippen molar-refractivity contribution in [1.82, 2.24) is 0 Å². The predicted octanol–water partition coefficient (Wildman–Crippen LogP) is 8.62. The Morgan fingerprint density at radius 2 is 1.14 bits per heavy atom. The van der Waals surface area contributed by atoms with E-state index in [1.807, 2.05) is 115 Å². The van der Waals surface area contributed by atoms with Gasteiger partial charge in [0, 0.05) is 45.7 Å². The summed E-state index contributed by atoms with van der Waals surface area (Å²) >= 11 is 0. The Hall–Kier alpha value is -5.61. The topological polar surface area (TPSA) is 60.4 Å². The van der Waals surface area contributed by atoms with Gasteiger partial charge >= 0.3 is 0 Å². The first-order valence-electron chi connectivity index (χ1n) is 14.6. The average molecular weight is 575 g/mol. The molecule has 0 saturated heterocycles. The number of hydrogen-bond acceptors (Lipinski definition) is 4. The van der Waals surface area contributed by atoms with E-state index in [1.54, 1.807) is 30.3 Å². The van der Waals surface area contributed by atoms with Crippen molar-refractivity contribution in [3.05, 3.63) is 190 Å². The number of carbonyl (C=O) groups excluding carboxylic acids is 3. The molecule has 4 heteroatoms. The summed E-state index contributed by atoms with van der Waals surface area (Å²) in [6.07, 6.45) is 7.57. The van der Waals surface area contributed by atoms with Gasteiger partial charge in [-0.1, -0.05) is 127 Å². The Bertz CT molecular complexity index is 1820. The Morgan fingerprint density at radius 3 is 1.64 bits per heavy atom. The maximum Gasteiger partial charge on any atom is 0.190 e. The summed E-state index contributed by atoms with van der Waals surface area (Å²) in [4.78, 5) is 40.6.